The summed E-state index contributed by atoms with van der Waals surface area (Å²) in [6.07, 6.45) is 0.244. The van der Waals surface area contributed by atoms with Crippen molar-refractivity contribution in [3.05, 3.63) is 35.9 Å². The molecule has 0 saturated heterocycles. The number of benzene rings is 1. The van der Waals surface area contributed by atoms with E-state index in [1.165, 1.54) is 4.90 Å². The van der Waals surface area contributed by atoms with Crippen molar-refractivity contribution in [2.75, 3.05) is 6.61 Å². The lowest BCUT2D eigenvalue weighted by Gasteiger charge is -2.45. The number of hydrogen-bond acceptors (Lipinski definition) is 4. The number of aliphatic hydroxyl groups is 1. The zero-order valence-corrected chi connectivity index (χ0v) is 16.2. The summed E-state index contributed by atoms with van der Waals surface area (Å²) < 4.78 is 5.25. The van der Waals surface area contributed by atoms with Crippen molar-refractivity contribution in [3.63, 3.8) is 0 Å². The number of alkyl carbamates (subject to hydrolysis) is 1. The van der Waals surface area contributed by atoms with Crippen molar-refractivity contribution in [1.29, 1.82) is 0 Å². The first-order valence-corrected chi connectivity index (χ1v) is 9.32. The highest BCUT2D eigenvalue weighted by atomic mass is 16.5. The molecular formula is C20H30N2O5. The van der Waals surface area contributed by atoms with E-state index in [0.717, 1.165) is 5.56 Å². The number of hydrogen-bond donors (Lipinski definition) is 3. The first-order valence-electron chi connectivity index (χ1n) is 9.32. The number of nitrogens with zero attached hydrogens (tertiary/aromatic N) is 1. The molecule has 0 bridgehead atoms. The monoisotopic (exact) mass is 378 g/mol. The number of rotatable bonds is 5. The van der Waals surface area contributed by atoms with E-state index in [1.807, 2.05) is 51.1 Å². The van der Waals surface area contributed by atoms with Crippen molar-refractivity contribution in [1.82, 2.24) is 10.2 Å². The molecule has 1 aromatic rings. The molecule has 7 nitrogen and oxygen atoms in total. The summed E-state index contributed by atoms with van der Waals surface area (Å²) in [5.74, 6) is -0.211. The zero-order chi connectivity index (χ0) is 20.0. The average molecular weight is 378 g/mol. The van der Waals surface area contributed by atoms with E-state index in [1.54, 1.807) is 0 Å². The largest absolute Gasteiger partial charge is 0.465 e. The summed E-state index contributed by atoms with van der Waals surface area (Å²) in [5.41, 5.74) is 0.378. The molecule has 7 heteroatoms. The van der Waals surface area contributed by atoms with Gasteiger partial charge in [0.25, 0.3) is 0 Å². The number of carbonyl (C=O) groups excluding carboxylic acids is 1. The third kappa shape index (κ3) is 5.85. The number of carboxylic acid groups (broad SMARTS) is 1. The molecule has 1 aliphatic carbocycles. The third-order valence-corrected chi connectivity index (χ3v) is 5.00. The first kappa shape index (κ1) is 21.0. The second-order valence-electron chi connectivity index (χ2n) is 8.05. The maximum absolute atomic E-state index is 12.1. The summed E-state index contributed by atoms with van der Waals surface area (Å²) in [6.45, 7) is 5.65. The zero-order valence-electron chi connectivity index (χ0n) is 16.2. The van der Waals surface area contributed by atoms with Gasteiger partial charge in [-0.3, -0.25) is 0 Å². The molecule has 0 radical (unpaired) electrons. The number of amides is 2. The molecule has 150 valence electrons. The van der Waals surface area contributed by atoms with Crippen molar-refractivity contribution in [2.45, 2.75) is 64.3 Å². The Labute approximate surface area is 160 Å². The molecule has 0 spiro atoms. The Morgan fingerprint density at radius 1 is 1.22 bits per heavy atom. The lowest BCUT2D eigenvalue weighted by molar-refractivity contribution is 0.0284. The number of carbonyl (C=O) groups is 2. The molecule has 2 amide bonds. The molecule has 3 atom stereocenters. The van der Waals surface area contributed by atoms with Crippen LogP contribution in [0, 0.1) is 5.92 Å². The van der Waals surface area contributed by atoms with Crippen LogP contribution in [0.2, 0.25) is 0 Å². The fourth-order valence-electron chi connectivity index (χ4n) is 3.77. The van der Waals surface area contributed by atoms with E-state index in [4.69, 9.17) is 4.74 Å². The van der Waals surface area contributed by atoms with Crippen LogP contribution in [0.3, 0.4) is 0 Å². The van der Waals surface area contributed by atoms with Gasteiger partial charge in [-0.05, 0) is 45.6 Å². The first-order chi connectivity index (χ1) is 12.7. The van der Waals surface area contributed by atoms with Crippen LogP contribution >= 0.6 is 0 Å². The van der Waals surface area contributed by atoms with Gasteiger partial charge in [-0.2, -0.15) is 0 Å². The highest BCUT2D eigenvalue weighted by molar-refractivity contribution is 5.68. The van der Waals surface area contributed by atoms with Gasteiger partial charge in [0.1, 0.15) is 6.61 Å². The van der Waals surface area contributed by atoms with Crippen LogP contribution in [0.15, 0.2) is 30.3 Å². The number of aliphatic hydroxyl groups excluding tert-OH is 1. The maximum atomic E-state index is 12.1. The van der Waals surface area contributed by atoms with Gasteiger partial charge in [-0.15, -0.1) is 0 Å². The SMILES string of the molecule is CC(C)(C)N(C(=O)O)C1CCC(NC(=O)OCc2ccccc2)C(CO)C1. The Balaban J connectivity index is 1.92. The van der Waals surface area contributed by atoms with Crippen LogP contribution in [0.25, 0.3) is 0 Å². The molecule has 27 heavy (non-hydrogen) atoms. The summed E-state index contributed by atoms with van der Waals surface area (Å²) >= 11 is 0. The quantitative estimate of drug-likeness (QED) is 0.731. The van der Waals surface area contributed by atoms with Crippen molar-refractivity contribution in [2.24, 2.45) is 5.92 Å². The molecule has 1 fully saturated rings. The van der Waals surface area contributed by atoms with Gasteiger partial charge in [0.15, 0.2) is 0 Å². The summed E-state index contributed by atoms with van der Waals surface area (Å²) in [4.78, 5) is 25.3. The second-order valence-corrected chi connectivity index (χ2v) is 8.05. The van der Waals surface area contributed by atoms with Crippen molar-refractivity contribution >= 4 is 12.2 Å². The van der Waals surface area contributed by atoms with Gasteiger partial charge >= 0.3 is 12.2 Å². The maximum Gasteiger partial charge on any atom is 0.407 e. The van der Waals surface area contributed by atoms with Crippen LogP contribution in [-0.4, -0.2) is 51.5 Å². The van der Waals surface area contributed by atoms with Crippen molar-refractivity contribution < 1.29 is 24.5 Å². The Kier molecular flexibility index (Phi) is 7.07. The molecule has 0 heterocycles. The van der Waals surface area contributed by atoms with Crippen LogP contribution < -0.4 is 5.32 Å². The van der Waals surface area contributed by atoms with E-state index in [2.05, 4.69) is 5.32 Å². The van der Waals surface area contributed by atoms with E-state index >= 15 is 0 Å². The minimum absolute atomic E-state index is 0.113. The second kappa shape index (κ2) is 9.08. The fourth-order valence-corrected chi connectivity index (χ4v) is 3.77. The molecule has 3 N–H and O–H groups in total. The average Bonchev–Trinajstić information content (AvgIpc) is 2.60. The van der Waals surface area contributed by atoms with E-state index in [9.17, 15) is 19.8 Å². The molecule has 0 aromatic heterocycles. The molecule has 1 saturated carbocycles. The fraction of sp³-hybridized carbons (Fsp3) is 0.600. The van der Waals surface area contributed by atoms with Gasteiger partial charge in [0.05, 0.1) is 0 Å². The lowest BCUT2D eigenvalue weighted by Crippen LogP contribution is -2.56. The van der Waals surface area contributed by atoms with E-state index in [0.29, 0.717) is 19.3 Å². The van der Waals surface area contributed by atoms with Crippen molar-refractivity contribution in [3.8, 4) is 0 Å². The summed E-state index contributed by atoms with van der Waals surface area (Å²) in [6, 6.07) is 8.99. The predicted octanol–water partition coefficient (Wildman–Crippen LogP) is 3.22. The van der Waals surface area contributed by atoms with Crippen LogP contribution in [0.1, 0.15) is 45.6 Å². The number of ether oxygens (including phenoxy) is 1. The highest BCUT2D eigenvalue weighted by Gasteiger charge is 2.39. The minimum atomic E-state index is -0.960. The lowest BCUT2D eigenvalue weighted by atomic mass is 9.80. The topological polar surface area (TPSA) is 99.1 Å². The van der Waals surface area contributed by atoms with Gasteiger partial charge < -0.3 is 25.2 Å². The molecule has 0 aliphatic heterocycles. The van der Waals surface area contributed by atoms with Crippen LogP contribution in [0.5, 0.6) is 0 Å². The Bertz CT molecular complexity index is 629. The smallest absolute Gasteiger partial charge is 0.407 e. The minimum Gasteiger partial charge on any atom is -0.465 e. The predicted molar refractivity (Wildman–Crippen MR) is 101 cm³/mol. The molecule has 2 rings (SSSR count). The van der Waals surface area contributed by atoms with Crippen LogP contribution in [0.4, 0.5) is 9.59 Å². The van der Waals surface area contributed by atoms with Gasteiger partial charge in [-0.1, -0.05) is 30.3 Å². The molecular weight excluding hydrogens is 348 g/mol. The Hall–Kier alpha value is -2.28. The normalized spacial score (nSPS) is 22.7. The van der Waals surface area contributed by atoms with Gasteiger partial charge in [-0.25, -0.2) is 9.59 Å². The third-order valence-electron chi connectivity index (χ3n) is 5.00. The van der Waals surface area contributed by atoms with Gasteiger partial charge in [0.2, 0.25) is 0 Å². The summed E-state index contributed by atoms with van der Waals surface area (Å²) in [5, 5.41) is 22.2. The van der Waals surface area contributed by atoms with E-state index in [-0.39, 0.29) is 31.2 Å². The molecule has 1 aromatic carbocycles. The highest BCUT2D eigenvalue weighted by Crippen LogP contribution is 2.32. The standard InChI is InChI=1S/C20H30N2O5/c1-20(2,3)22(19(25)26)16-9-10-17(15(11-16)12-23)21-18(24)27-13-14-7-5-4-6-8-14/h4-8,15-17,23H,9-13H2,1-3H3,(H,21,24)(H,25,26). The number of nitrogens with one attached hydrogen (secondary N) is 1. The Morgan fingerprint density at radius 2 is 1.89 bits per heavy atom. The van der Waals surface area contributed by atoms with Crippen LogP contribution in [-0.2, 0) is 11.3 Å². The van der Waals surface area contributed by atoms with Gasteiger partial charge in [0, 0.05) is 30.1 Å². The van der Waals surface area contributed by atoms with E-state index < -0.39 is 17.7 Å². The molecule has 1 aliphatic rings. The molecule has 3 unspecified atom stereocenters. The summed E-state index contributed by atoms with van der Waals surface area (Å²) in [7, 11) is 0. The Morgan fingerprint density at radius 3 is 2.44 bits per heavy atom.